The maximum atomic E-state index is 12.3. The van der Waals surface area contributed by atoms with Gasteiger partial charge in [-0.3, -0.25) is 0 Å². The van der Waals surface area contributed by atoms with Gasteiger partial charge in [-0.1, -0.05) is 6.92 Å². The molecule has 2 fully saturated rings. The molecule has 2 rings (SSSR count). The molecule has 1 aliphatic heterocycles. The van der Waals surface area contributed by atoms with Crippen LogP contribution in [0.4, 0.5) is 0 Å². The fraction of sp³-hybridized carbons (Fsp3) is 1.00. The normalized spacial score (nSPS) is 26.4. The van der Waals surface area contributed by atoms with E-state index in [1.54, 1.807) is 4.31 Å². The summed E-state index contributed by atoms with van der Waals surface area (Å²) in [7, 11) is -3.11. The van der Waals surface area contributed by atoms with Crippen LogP contribution < -0.4 is 5.32 Å². The molecule has 18 heavy (non-hydrogen) atoms. The van der Waals surface area contributed by atoms with Crippen molar-refractivity contribution in [1.29, 1.82) is 0 Å². The largest absolute Gasteiger partial charge is 0.378 e. The quantitative estimate of drug-likeness (QED) is 0.691. The number of ether oxygens (including phenoxy) is 1. The van der Waals surface area contributed by atoms with E-state index >= 15 is 0 Å². The first-order valence-corrected chi connectivity index (χ1v) is 8.55. The van der Waals surface area contributed by atoms with Crippen LogP contribution in [-0.2, 0) is 14.8 Å². The van der Waals surface area contributed by atoms with Gasteiger partial charge in [0.15, 0.2) is 0 Å². The van der Waals surface area contributed by atoms with Crippen molar-refractivity contribution >= 4 is 10.0 Å². The minimum Gasteiger partial charge on any atom is -0.378 e. The molecule has 0 spiro atoms. The molecule has 1 saturated carbocycles. The van der Waals surface area contributed by atoms with Crippen molar-refractivity contribution in [2.75, 3.05) is 32.1 Å². The minimum absolute atomic E-state index is 0.0279. The van der Waals surface area contributed by atoms with Gasteiger partial charge in [0.1, 0.15) is 0 Å². The van der Waals surface area contributed by atoms with Gasteiger partial charge in [-0.05, 0) is 32.2 Å². The summed E-state index contributed by atoms with van der Waals surface area (Å²) >= 11 is 0. The predicted molar refractivity (Wildman–Crippen MR) is 71.0 cm³/mol. The van der Waals surface area contributed by atoms with Crippen LogP contribution in [0.2, 0.25) is 0 Å². The molecule has 1 N–H and O–H groups in total. The third-order valence-electron chi connectivity index (χ3n) is 3.59. The van der Waals surface area contributed by atoms with E-state index in [2.05, 4.69) is 5.32 Å². The van der Waals surface area contributed by atoms with E-state index < -0.39 is 10.0 Å². The molecule has 1 saturated heterocycles. The average molecular weight is 276 g/mol. The third-order valence-corrected chi connectivity index (χ3v) is 5.59. The number of nitrogens with one attached hydrogen (secondary N) is 1. The average Bonchev–Trinajstić information content (AvgIpc) is 3.19. The first-order valence-electron chi connectivity index (χ1n) is 6.94. The Balaban J connectivity index is 1.79. The van der Waals surface area contributed by atoms with Crippen LogP contribution in [-0.4, -0.2) is 56.9 Å². The molecule has 1 atom stereocenters. The Kier molecular flexibility index (Phi) is 5.00. The highest BCUT2D eigenvalue weighted by Gasteiger charge is 2.31. The maximum Gasteiger partial charge on any atom is 0.214 e. The fourth-order valence-corrected chi connectivity index (χ4v) is 4.05. The van der Waals surface area contributed by atoms with Gasteiger partial charge in [-0.15, -0.1) is 0 Å². The van der Waals surface area contributed by atoms with E-state index in [1.165, 1.54) is 12.8 Å². The lowest BCUT2D eigenvalue weighted by atomic mass is 10.2. The van der Waals surface area contributed by atoms with Crippen molar-refractivity contribution < 1.29 is 13.2 Å². The zero-order chi connectivity index (χ0) is 13.0. The van der Waals surface area contributed by atoms with E-state index in [0.717, 1.165) is 13.0 Å². The Bertz CT molecular complexity index is 354. The van der Waals surface area contributed by atoms with Crippen molar-refractivity contribution in [1.82, 2.24) is 9.62 Å². The third kappa shape index (κ3) is 3.91. The number of hydrogen-bond donors (Lipinski definition) is 1. The van der Waals surface area contributed by atoms with Crippen molar-refractivity contribution in [2.45, 2.75) is 44.7 Å². The summed E-state index contributed by atoms with van der Waals surface area (Å²) in [6, 6.07) is 0.680. The van der Waals surface area contributed by atoms with Gasteiger partial charge in [0, 0.05) is 18.6 Å². The molecule has 5 nitrogen and oxygen atoms in total. The molecule has 0 aromatic rings. The van der Waals surface area contributed by atoms with Crippen LogP contribution in [0.5, 0.6) is 0 Å². The fourth-order valence-electron chi connectivity index (χ4n) is 2.29. The topological polar surface area (TPSA) is 58.6 Å². The molecule has 0 aromatic heterocycles. The van der Waals surface area contributed by atoms with Crippen molar-refractivity contribution in [2.24, 2.45) is 0 Å². The summed E-state index contributed by atoms with van der Waals surface area (Å²) in [5.41, 5.74) is 0. The molecule has 6 heteroatoms. The van der Waals surface area contributed by atoms with E-state index in [4.69, 9.17) is 4.74 Å². The Morgan fingerprint density at radius 3 is 2.83 bits per heavy atom. The lowest BCUT2D eigenvalue weighted by Gasteiger charge is -2.34. The number of nitrogens with zero attached hydrogens (tertiary/aromatic N) is 1. The van der Waals surface area contributed by atoms with E-state index in [-0.39, 0.29) is 11.8 Å². The lowest BCUT2D eigenvalue weighted by molar-refractivity contribution is 0.0314. The molecule has 1 unspecified atom stereocenters. The zero-order valence-electron chi connectivity index (χ0n) is 11.1. The lowest BCUT2D eigenvalue weighted by Crippen LogP contribution is -2.49. The molecular formula is C12H24N2O3S. The van der Waals surface area contributed by atoms with E-state index in [1.807, 2.05) is 6.92 Å². The standard InChI is InChI=1S/C12H24N2O3S/c1-2-12-10-17-8-7-14(12)18(15,16)9-3-6-13-11-4-5-11/h11-13H,2-10H2,1H3. The molecular weight excluding hydrogens is 252 g/mol. The van der Waals surface area contributed by atoms with Crippen LogP contribution in [0.3, 0.4) is 0 Å². The van der Waals surface area contributed by atoms with Crippen LogP contribution >= 0.6 is 0 Å². The monoisotopic (exact) mass is 276 g/mol. The van der Waals surface area contributed by atoms with Gasteiger partial charge in [0.05, 0.1) is 19.0 Å². The second-order valence-corrected chi connectivity index (χ2v) is 7.19. The molecule has 1 heterocycles. The molecule has 0 amide bonds. The number of sulfonamides is 1. The van der Waals surface area contributed by atoms with E-state index in [0.29, 0.717) is 32.2 Å². The van der Waals surface area contributed by atoms with Gasteiger partial charge in [0.2, 0.25) is 10.0 Å². The highest BCUT2D eigenvalue weighted by molar-refractivity contribution is 7.89. The van der Waals surface area contributed by atoms with Gasteiger partial charge in [0.25, 0.3) is 0 Å². The molecule has 1 aliphatic carbocycles. The summed E-state index contributed by atoms with van der Waals surface area (Å²) in [5, 5.41) is 3.35. The maximum absolute atomic E-state index is 12.3. The van der Waals surface area contributed by atoms with Crippen LogP contribution in [0.1, 0.15) is 32.6 Å². The van der Waals surface area contributed by atoms with Gasteiger partial charge in [-0.25, -0.2) is 8.42 Å². The van der Waals surface area contributed by atoms with E-state index in [9.17, 15) is 8.42 Å². The summed E-state index contributed by atoms with van der Waals surface area (Å²) in [5.74, 6) is 0.253. The summed E-state index contributed by atoms with van der Waals surface area (Å²) in [6.07, 6.45) is 4.01. The zero-order valence-corrected chi connectivity index (χ0v) is 11.9. The highest BCUT2D eigenvalue weighted by atomic mass is 32.2. The van der Waals surface area contributed by atoms with Crippen molar-refractivity contribution in [3.63, 3.8) is 0 Å². The van der Waals surface area contributed by atoms with Gasteiger partial charge in [-0.2, -0.15) is 4.31 Å². The Morgan fingerprint density at radius 1 is 1.39 bits per heavy atom. The highest BCUT2D eigenvalue weighted by Crippen LogP contribution is 2.19. The molecule has 2 aliphatic rings. The van der Waals surface area contributed by atoms with Crippen molar-refractivity contribution in [3.8, 4) is 0 Å². The summed E-state index contributed by atoms with van der Waals surface area (Å²) in [4.78, 5) is 0. The Hall–Kier alpha value is -0.170. The van der Waals surface area contributed by atoms with Crippen LogP contribution in [0.15, 0.2) is 0 Å². The first kappa shape index (κ1) is 14.2. The molecule has 0 radical (unpaired) electrons. The molecule has 106 valence electrons. The first-order chi connectivity index (χ1) is 8.63. The van der Waals surface area contributed by atoms with Crippen LogP contribution in [0.25, 0.3) is 0 Å². The number of hydrogen-bond acceptors (Lipinski definition) is 4. The minimum atomic E-state index is -3.11. The van der Waals surface area contributed by atoms with Gasteiger partial charge < -0.3 is 10.1 Å². The number of morpholine rings is 1. The second-order valence-electron chi connectivity index (χ2n) is 5.15. The van der Waals surface area contributed by atoms with Gasteiger partial charge >= 0.3 is 0 Å². The summed E-state index contributed by atoms with van der Waals surface area (Å²) in [6.45, 7) is 4.39. The Labute approximate surface area is 110 Å². The van der Waals surface area contributed by atoms with Crippen LogP contribution in [0, 0.1) is 0 Å². The second kappa shape index (κ2) is 6.32. The Morgan fingerprint density at radius 2 is 2.17 bits per heavy atom. The predicted octanol–water partition coefficient (Wildman–Crippen LogP) is 0.569. The molecule has 0 aromatic carbocycles. The van der Waals surface area contributed by atoms with Crippen molar-refractivity contribution in [3.05, 3.63) is 0 Å². The molecule has 0 bridgehead atoms. The summed E-state index contributed by atoms with van der Waals surface area (Å²) < 4.78 is 31.5. The number of rotatable bonds is 7. The smallest absolute Gasteiger partial charge is 0.214 e. The SMILES string of the molecule is CCC1COCCN1S(=O)(=O)CCCNC1CC1.